The Labute approximate surface area is 112 Å². The molecular formula is C13H8N6O. The molecule has 0 spiro atoms. The van der Waals surface area contributed by atoms with E-state index >= 15 is 0 Å². The molecule has 96 valence electrons. The van der Waals surface area contributed by atoms with E-state index in [1.807, 2.05) is 18.2 Å². The van der Waals surface area contributed by atoms with E-state index in [1.54, 1.807) is 18.6 Å². The maximum Gasteiger partial charge on any atom is 0.233 e. The van der Waals surface area contributed by atoms with Gasteiger partial charge in [0.25, 0.3) is 0 Å². The molecule has 0 radical (unpaired) electrons. The van der Waals surface area contributed by atoms with Crippen molar-refractivity contribution in [3.8, 4) is 11.6 Å². The van der Waals surface area contributed by atoms with Crippen LogP contribution in [-0.4, -0.2) is 30.1 Å². The fourth-order valence-corrected chi connectivity index (χ4v) is 1.94. The van der Waals surface area contributed by atoms with Gasteiger partial charge in [0.15, 0.2) is 5.65 Å². The lowest BCUT2D eigenvalue weighted by molar-refractivity contribution is 0.469. The van der Waals surface area contributed by atoms with Crippen molar-refractivity contribution in [3.63, 3.8) is 0 Å². The molecule has 1 N–H and O–H groups in total. The third kappa shape index (κ3) is 1.72. The molecule has 0 aliphatic heterocycles. The van der Waals surface area contributed by atoms with Crippen LogP contribution in [0.4, 0.5) is 0 Å². The third-order valence-electron chi connectivity index (χ3n) is 2.87. The number of rotatable bonds is 2. The van der Waals surface area contributed by atoms with Crippen LogP contribution in [0.3, 0.4) is 0 Å². The van der Waals surface area contributed by atoms with E-state index in [1.165, 1.54) is 6.33 Å². The van der Waals surface area contributed by atoms with Crippen LogP contribution in [0.2, 0.25) is 0 Å². The molecule has 4 rings (SSSR count). The molecule has 0 unspecified atom stereocenters. The number of aromatic amines is 1. The van der Waals surface area contributed by atoms with Crippen molar-refractivity contribution in [2.45, 2.75) is 0 Å². The molecule has 20 heavy (non-hydrogen) atoms. The molecule has 3 heterocycles. The quantitative estimate of drug-likeness (QED) is 0.596. The van der Waals surface area contributed by atoms with Crippen LogP contribution in [0, 0.1) is 0 Å². The number of benzene rings is 1. The number of nitrogens with zero attached hydrogens (tertiary/aromatic N) is 5. The van der Waals surface area contributed by atoms with Crippen LogP contribution in [0.5, 0.6) is 11.6 Å². The number of nitrogens with one attached hydrogen (secondary N) is 1. The van der Waals surface area contributed by atoms with E-state index < -0.39 is 0 Å². The predicted octanol–water partition coefficient (Wildman–Crippen LogP) is 2.09. The highest BCUT2D eigenvalue weighted by atomic mass is 16.5. The maximum atomic E-state index is 5.78. The number of hydrogen-bond acceptors (Lipinski definition) is 6. The maximum absolute atomic E-state index is 5.78. The van der Waals surface area contributed by atoms with E-state index in [-0.39, 0.29) is 0 Å². The summed E-state index contributed by atoms with van der Waals surface area (Å²) < 4.78 is 5.78. The summed E-state index contributed by atoms with van der Waals surface area (Å²) in [5.74, 6) is 1.09. The first-order valence-corrected chi connectivity index (χ1v) is 5.93. The number of ether oxygens (including phenoxy) is 1. The average Bonchev–Trinajstić information content (AvgIpc) is 2.97. The zero-order valence-corrected chi connectivity index (χ0v) is 10.2. The highest BCUT2D eigenvalue weighted by Crippen LogP contribution is 2.26. The van der Waals surface area contributed by atoms with Crippen molar-refractivity contribution in [2.24, 2.45) is 0 Å². The monoisotopic (exact) mass is 264 g/mol. The second kappa shape index (κ2) is 4.23. The smallest absolute Gasteiger partial charge is 0.233 e. The van der Waals surface area contributed by atoms with E-state index in [9.17, 15) is 0 Å². The van der Waals surface area contributed by atoms with Crippen LogP contribution in [-0.2, 0) is 0 Å². The first-order chi connectivity index (χ1) is 9.90. The molecule has 0 amide bonds. The van der Waals surface area contributed by atoms with Crippen LogP contribution >= 0.6 is 0 Å². The molecular weight excluding hydrogens is 256 g/mol. The Bertz CT molecular complexity index is 903. The van der Waals surface area contributed by atoms with E-state index in [0.717, 1.165) is 16.4 Å². The molecule has 7 nitrogen and oxygen atoms in total. The summed E-state index contributed by atoms with van der Waals surface area (Å²) in [4.78, 5) is 16.6. The van der Waals surface area contributed by atoms with Crippen LogP contribution < -0.4 is 4.74 Å². The van der Waals surface area contributed by atoms with Crippen LogP contribution in [0.1, 0.15) is 0 Å². The highest BCUT2D eigenvalue weighted by Gasteiger charge is 2.08. The fourth-order valence-electron chi connectivity index (χ4n) is 1.94. The normalized spacial score (nSPS) is 11.0. The summed E-state index contributed by atoms with van der Waals surface area (Å²) in [6, 6.07) is 5.49. The topological polar surface area (TPSA) is 89.5 Å². The third-order valence-corrected chi connectivity index (χ3v) is 2.87. The Morgan fingerprint density at radius 3 is 2.80 bits per heavy atom. The second-order valence-corrected chi connectivity index (χ2v) is 4.12. The van der Waals surface area contributed by atoms with Gasteiger partial charge in [0.2, 0.25) is 5.88 Å². The van der Waals surface area contributed by atoms with Crippen LogP contribution in [0.15, 0.2) is 43.1 Å². The summed E-state index contributed by atoms with van der Waals surface area (Å²) in [6.07, 6.45) is 6.36. The minimum Gasteiger partial charge on any atom is -0.438 e. The van der Waals surface area contributed by atoms with Gasteiger partial charge in [0.1, 0.15) is 17.5 Å². The van der Waals surface area contributed by atoms with Gasteiger partial charge < -0.3 is 4.74 Å². The Morgan fingerprint density at radius 1 is 0.950 bits per heavy atom. The average molecular weight is 264 g/mol. The first kappa shape index (κ1) is 10.8. The van der Waals surface area contributed by atoms with Crippen LogP contribution in [0.25, 0.3) is 22.1 Å². The number of hydrogen-bond donors (Lipinski definition) is 1. The molecule has 0 saturated heterocycles. The van der Waals surface area contributed by atoms with Gasteiger partial charge in [0.05, 0.1) is 17.2 Å². The largest absolute Gasteiger partial charge is 0.438 e. The molecule has 7 heteroatoms. The fraction of sp³-hybridized carbons (Fsp3) is 0. The molecule has 3 aromatic heterocycles. The van der Waals surface area contributed by atoms with Gasteiger partial charge in [0, 0.05) is 18.5 Å². The van der Waals surface area contributed by atoms with Gasteiger partial charge in [-0.15, -0.1) is 0 Å². The zero-order valence-electron chi connectivity index (χ0n) is 10.2. The number of H-pyrrole nitrogens is 1. The van der Waals surface area contributed by atoms with E-state index in [4.69, 9.17) is 4.74 Å². The van der Waals surface area contributed by atoms with Crippen molar-refractivity contribution in [2.75, 3.05) is 0 Å². The van der Waals surface area contributed by atoms with Crippen molar-refractivity contribution >= 4 is 22.1 Å². The summed E-state index contributed by atoms with van der Waals surface area (Å²) >= 11 is 0. The van der Waals surface area contributed by atoms with Gasteiger partial charge >= 0.3 is 0 Å². The van der Waals surface area contributed by atoms with E-state index in [0.29, 0.717) is 17.3 Å². The molecule has 0 aliphatic rings. The predicted molar refractivity (Wildman–Crippen MR) is 71.3 cm³/mol. The highest BCUT2D eigenvalue weighted by molar-refractivity contribution is 5.80. The standard InChI is InChI=1S/C13H8N6O/c1-2-10-11(15-4-3-14-10)5-8(1)20-13-9-6-18-19-12(9)16-7-17-13/h1-7H,(H,16,17,18,19). The summed E-state index contributed by atoms with van der Waals surface area (Å²) in [5.41, 5.74) is 2.22. The zero-order chi connectivity index (χ0) is 13.4. The lowest BCUT2D eigenvalue weighted by atomic mass is 10.3. The molecule has 1 aromatic carbocycles. The van der Waals surface area contributed by atoms with Gasteiger partial charge in [-0.25, -0.2) is 9.97 Å². The summed E-state index contributed by atoms with van der Waals surface area (Å²) in [6.45, 7) is 0. The second-order valence-electron chi connectivity index (χ2n) is 4.12. The Balaban J connectivity index is 1.78. The number of fused-ring (bicyclic) bond motifs is 2. The minimum atomic E-state index is 0.451. The van der Waals surface area contributed by atoms with Gasteiger partial charge in [-0.2, -0.15) is 5.10 Å². The summed E-state index contributed by atoms with van der Waals surface area (Å²) in [7, 11) is 0. The van der Waals surface area contributed by atoms with Crippen molar-refractivity contribution in [3.05, 3.63) is 43.1 Å². The van der Waals surface area contributed by atoms with Gasteiger partial charge in [-0.05, 0) is 12.1 Å². The van der Waals surface area contributed by atoms with Gasteiger partial charge in [-0.1, -0.05) is 0 Å². The van der Waals surface area contributed by atoms with E-state index in [2.05, 4.69) is 30.1 Å². The lowest BCUT2D eigenvalue weighted by Gasteiger charge is -2.05. The Hall–Kier alpha value is -3.09. The molecule has 0 bridgehead atoms. The molecule has 4 aromatic rings. The van der Waals surface area contributed by atoms with Gasteiger partial charge in [-0.3, -0.25) is 15.1 Å². The van der Waals surface area contributed by atoms with Crippen molar-refractivity contribution < 1.29 is 4.74 Å². The minimum absolute atomic E-state index is 0.451. The van der Waals surface area contributed by atoms with Crippen molar-refractivity contribution in [1.82, 2.24) is 30.1 Å². The lowest BCUT2D eigenvalue weighted by Crippen LogP contribution is -1.91. The Kier molecular flexibility index (Phi) is 2.28. The Morgan fingerprint density at radius 2 is 1.85 bits per heavy atom. The van der Waals surface area contributed by atoms with Crippen molar-refractivity contribution in [1.29, 1.82) is 0 Å². The SMILES string of the molecule is c1cnc2cc(Oc3ncnc4[nH]ncc34)ccc2n1. The molecule has 0 saturated carbocycles. The first-order valence-electron chi connectivity index (χ1n) is 5.93. The summed E-state index contributed by atoms with van der Waals surface area (Å²) in [5, 5.41) is 7.42. The molecule has 0 fully saturated rings. The number of aromatic nitrogens is 6. The molecule has 0 atom stereocenters. The molecule has 0 aliphatic carbocycles.